The number of furan rings is 1. The van der Waals surface area contributed by atoms with Gasteiger partial charge in [-0.1, -0.05) is 133 Å². The normalized spacial score (nSPS) is 11.7. The molecule has 0 saturated carbocycles. The monoisotopic (exact) mass is 624 g/mol. The van der Waals surface area contributed by atoms with Crippen LogP contribution in [0.1, 0.15) is 0 Å². The Morgan fingerprint density at radius 2 is 0.959 bits per heavy atom. The molecule has 10 aromatic rings. The average Bonchev–Trinajstić information content (AvgIpc) is 3.55. The van der Waals surface area contributed by atoms with Crippen molar-refractivity contribution in [1.29, 1.82) is 0 Å². The van der Waals surface area contributed by atoms with Crippen molar-refractivity contribution in [1.82, 2.24) is 9.97 Å². The molecule has 10 rings (SSSR count). The van der Waals surface area contributed by atoms with Crippen LogP contribution in [0.2, 0.25) is 0 Å². The lowest BCUT2D eigenvalue weighted by atomic mass is 9.92. The summed E-state index contributed by atoms with van der Waals surface area (Å²) in [5.41, 5.74) is 8.86. The summed E-state index contributed by atoms with van der Waals surface area (Å²) in [6.45, 7) is 0. The molecule has 0 N–H and O–H groups in total. The molecule has 0 radical (unpaired) electrons. The Kier molecular flexibility index (Phi) is 6.18. The molecule has 2 heterocycles. The van der Waals surface area contributed by atoms with Crippen molar-refractivity contribution in [3.05, 3.63) is 170 Å². The van der Waals surface area contributed by atoms with Crippen LogP contribution in [-0.2, 0) is 0 Å². The van der Waals surface area contributed by atoms with E-state index in [1.165, 1.54) is 21.5 Å². The lowest BCUT2D eigenvalue weighted by Crippen LogP contribution is -1.98. The van der Waals surface area contributed by atoms with Gasteiger partial charge in [-0.15, -0.1) is 0 Å². The van der Waals surface area contributed by atoms with Crippen LogP contribution in [0.25, 0.3) is 99.3 Å². The molecule has 0 saturated heterocycles. The van der Waals surface area contributed by atoms with Crippen LogP contribution in [0, 0.1) is 0 Å². The van der Waals surface area contributed by atoms with E-state index in [0.717, 1.165) is 71.9 Å². The van der Waals surface area contributed by atoms with Gasteiger partial charge in [-0.2, -0.15) is 0 Å². The molecule has 228 valence electrons. The molecule has 0 bridgehead atoms. The smallest absolute Gasteiger partial charge is 0.161 e. The van der Waals surface area contributed by atoms with Gasteiger partial charge in [-0.3, -0.25) is 0 Å². The van der Waals surface area contributed by atoms with Gasteiger partial charge in [0.05, 0.1) is 11.4 Å². The van der Waals surface area contributed by atoms with Gasteiger partial charge >= 0.3 is 0 Å². The van der Waals surface area contributed by atoms with Gasteiger partial charge in [0.2, 0.25) is 0 Å². The third kappa shape index (κ3) is 4.59. The fourth-order valence-electron chi connectivity index (χ4n) is 7.29. The minimum atomic E-state index is 0.711. The topological polar surface area (TPSA) is 38.9 Å². The predicted octanol–water partition coefficient (Wildman–Crippen LogP) is 12.5. The Bertz CT molecular complexity index is 2890. The molecular weight excluding hydrogens is 597 g/mol. The molecule has 0 aliphatic rings. The maximum atomic E-state index is 6.24. The van der Waals surface area contributed by atoms with Crippen LogP contribution < -0.4 is 0 Å². The number of hydrogen-bond acceptors (Lipinski definition) is 3. The van der Waals surface area contributed by atoms with Crippen molar-refractivity contribution < 1.29 is 4.42 Å². The van der Waals surface area contributed by atoms with E-state index >= 15 is 0 Å². The molecule has 0 aliphatic carbocycles. The van der Waals surface area contributed by atoms with E-state index in [9.17, 15) is 0 Å². The summed E-state index contributed by atoms with van der Waals surface area (Å²) in [4.78, 5) is 10.7. The van der Waals surface area contributed by atoms with Crippen LogP contribution in [0.15, 0.2) is 174 Å². The van der Waals surface area contributed by atoms with Crippen molar-refractivity contribution in [2.75, 3.05) is 0 Å². The fourth-order valence-corrected chi connectivity index (χ4v) is 7.29. The SMILES string of the molecule is c1ccc(-c2cc(-c3cccc(-c4ccc5c(c4)oc4ccccc45)c3)nc(-c3c4ccccc4cc4c3ccc3ccccc34)n2)cc1. The first-order valence-corrected chi connectivity index (χ1v) is 16.6. The second kappa shape index (κ2) is 11.0. The number of nitrogens with zero attached hydrogens (tertiary/aromatic N) is 2. The zero-order valence-electron chi connectivity index (χ0n) is 26.5. The quantitative estimate of drug-likeness (QED) is 0.144. The Morgan fingerprint density at radius 1 is 0.327 bits per heavy atom. The minimum Gasteiger partial charge on any atom is -0.456 e. The number of rotatable bonds is 4. The standard InChI is InChI=1S/C46H28N2O/c1-2-12-30(13-3-1)41-28-42(34-16-10-15-31(25-34)32-22-23-38-37-19-8-9-20-43(37)49-44(38)27-32)48-46(47-41)45-36-18-7-5-14-33(36)26-40-35-17-6-4-11-29(35)21-24-39(40)45/h1-28H. The second-order valence-corrected chi connectivity index (χ2v) is 12.6. The number of benzene rings is 8. The first-order valence-electron chi connectivity index (χ1n) is 16.6. The Labute approximate surface area is 282 Å². The Hall–Kier alpha value is -6.58. The van der Waals surface area contributed by atoms with Crippen LogP contribution in [0.3, 0.4) is 0 Å². The summed E-state index contributed by atoms with van der Waals surface area (Å²) < 4.78 is 6.24. The first kappa shape index (κ1) is 27.5. The van der Waals surface area contributed by atoms with E-state index < -0.39 is 0 Å². The van der Waals surface area contributed by atoms with E-state index in [2.05, 4.69) is 152 Å². The zero-order chi connectivity index (χ0) is 32.3. The lowest BCUT2D eigenvalue weighted by Gasteiger charge is -2.15. The molecule has 3 heteroatoms. The van der Waals surface area contributed by atoms with Crippen LogP contribution in [-0.4, -0.2) is 9.97 Å². The number of fused-ring (bicyclic) bond motifs is 7. The van der Waals surface area contributed by atoms with Crippen molar-refractivity contribution >= 4 is 54.3 Å². The highest BCUT2D eigenvalue weighted by atomic mass is 16.3. The van der Waals surface area contributed by atoms with E-state index in [4.69, 9.17) is 14.4 Å². The molecule has 0 unspecified atom stereocenters. The average molecular weight is 625 g/mol. The summed E-state index contributed by atoms with van der Waals surface area (Å²) in [5, 5.41) is 9.33. The lowest BCUT2D eigenvalue weighted by molar-refractivity contribution is 0.669. The van der Waals surface area contributed by atoms with E-state index in [1.54, 1.807) is 0 Å². The van der Waals surface area contributed by atoms with Gasteiger partial charge in [0, 0.05) is 27.5 Å². The predicted molar refractivity (Wildman–Crippen MR) is 204 cm³/mol. The maximum absolute atomic E-state index is 6.24. The molecule has 3 nitrogen and oxygen atoms in total. The summed E-state index contributed by atoms with van der Waals surface area (Å²) >= 11 is 0. The van der Waals surface area contributed by atoms with Gasteiger partial charge in [0.25, 0.3) is 0 Å². The third-order valence-corrected chi connectivity index (χ3v) is 9.66. The summed E-state index contributed by atoms with van der Waals surface area (Å²) in [6, 6.07) is 59.7. The first-order chi connectivity index (χ1) is 24.3. The summed E-state index contributed by atoms with van der Waals surface area (Å²) in [7, 11) is 0. The van der Waals surface area contributed by atoms with Crippen LogP contribution in [0.4, 0.5) is 0 Å². The molecule has 0 spiro atoms. The van der Waals surface area contributed by atoms with Gasteiger partial charge in [-0.05, 0) is 79.8 Å². The molecule has 0 amide bonds. The summed E-state index contributed by atoms with van der Waals surface area (Å²) in [6.07, 6.45) is 0. The van der Waals surface area contributed by atoms with E-state index in [1.807, 2.05) is 18.2 Å². The van der Waals surface area contributed by atoms with E-state index in [0.29, 0.717) is 5.82 Å². The fraction of sp³-hybridized carbons (Fsp3) is 0. The third-order valence-electron chi connectivity index (χ3n) is 9.66. The second-order valence-electron chi connectivity index (χ2n) is 12.6. The van der Waals surface area contributed by atoms with Crippen LogP contribution >= 0.6 is 0 Å². The summed E-state index contributed by atoms with van der Waals surface area (Å²) in [5.74, 6) is 0.711. The molecule has 49 heavy (non-hydrogen) atoms. The highest BCUT2D eigenvalue weighted by molar-refractivity contribution is 6.19. The van der Waals surface area contributed by atoms with E-state index in [-0.39, 0.29) is 0 Å². The highest BCUT2D eigenvalue weighted by Gasteiger charge is 2.18. The molecule has 0 atom stereocenters. The van der Waals surface area contributed by atoms with Crippen molar-refractivity contribution in [2.24, 2.45) is 0 Å². The van der Waals surface area contributed by atoms with Gasteiger partial charge in [-0.25, -0.2) is 9.97 Å². The molecule has 0 fully saturated rings. The highest BCUT2D eigenvalue weighted by Crippen LogP contribution is 2.40. The number of hydrogen-bond donors (Lipinski definition) is 0. The number of aromatic nitrogens is 2. The largest absolute Gasteiger partial charge is 0.456 e. The Balaban J connectivity index is 1.20. The minimum absolute atomic E-state index is 0.711. The van der Waals surface area contributed by atoms with Gasteiger partial charge < -0.3 is 4.42 Å². The van der Waals surface area contributed by atoms with Crippen molar-refractivity contribution in [3.63, 3.8) is 0 Å². The zero-order valence-corrected chi connectivity index (χ0v) is 26.5. The molecule has 0 aliphatic heterocycles. The van der Waals surface area contributed by atoms with Crippen molar-refractivity contribution in [2.45, 2.75) is 0 Å². The maximum Gasteiger partial charge on any atom is 0.161 e. The van der Waals surface area contributed by atoms with Crippen LogP contribution in [0.5, 0.6) is 0 Å². The van der Waals surface area contributed by atoms with Crippen molar-refractivity contribution in [3.8, 4) is 45.0 Å². The Morgan fingerprint density at radius 3 is 1.84 bits per heavy atom. The molecule has 8 aromatic carbocycles. The molecule has 2 aromatic heterocycles. The number of para-hydroxylation sites is 1. The van der Waals surface area contributed by atoms with Gasteiger partial charge in [0.1, 0.15) is 11.2 Å². The molecular formula is C46H28N2O. The van der Waals surface area contributed by atoms with Gasteiger partial charge in [0.15, 0.2) is 5.82 Å².